The number of rotatable bonds is 2. The third kappa shape index (κ3) is 1.76. The number of fused-ring (bicyclic) bond motifs is 1. The topological polar surface area (TPSA) is 43.4 Å². The minimum atomic E-state index is -0.308. The predicted octanol–water partition coefficient (Wildman–Crippen LogP) is 2.98. The second-order valence-corrected chi connectivity index (χ2v) is 4.09. The van der Waals surface area contributed by atoms with Crippen molar-refractivity contribution in [2.24, 2.45) is 0 Å². The maximum atomic E-state index is 12.1. The fourth-order valence-electron chi connectivity index (χ4n) is 1.87. The minimum Gasteiger partial charge on any atom is -0.497 e. The van der Waals surface area contributed by atoms with Gasteiger partial charge in [-0.3, -0.25) is 9.59 Å². The summed E-state index contributed by atoms with van der Waals surface area (Å²) in [5, 5.41) is 0.0262. The maximum Gasteiger partial charge on any atom is 0.205 e. The molecule has 0 unspecified atom stereocenters. The Kier molecular flexibility index (Phi) is 3.03. The molecule has 0 saturated heterocycles. The van der Waals surface area contributed by atoms with Crippen LogP contribution in [-0.2, 0) is 0 Å². The summed E-state index contributed by atoms with van der Waals surface area (Å²) in [5.41, 5.74) is 1.10. The van der Waals surface area contributed by atoms with Crippen LogP contribution in [0.4, 0.5) is 0 Å². The van der Waals surface area contributed by atoms with Crippen molar-refractivity contribution >= 4 is 23.2 Å². The smallest absolute Gasteiger partial charge is 0.205 e. The van der Waals surface area contributed by atoms with Gasteiger partial charge in [-0.25, -0.2) is 0 Å². The van der Waals surface area contributed by atoms with Gasteiger partial charge >= 0.3 is 0 Å². The molecule has 0 fully saturated rings. The summed E-state index contributed by atoms with van der Waals surface area (Å²) in [4.78, 5) is 24.1. The zero-order valence-corrected chi connectivity index (χ0v) is 10.3. The lowest BCUT2D eigenvalue weighted by Gasteiger charge is -2.17. The molecule has 1 aliphatic carbocycles. The molecule has 1 aromatic carbocycles. The zero-order chi connectivity index (χ0) is 12.6. The fraction of sp³-hybridized carbons (Fsp3) is 0.231. The molecule has 3 nitrogen and oxygen atoms in total. The van der Waals surface area contributed by atoms with Crippen LogP contribution in [0.1, 0.15) is 34.1 Å². The molecule has 1 aliphatic rings. The SMILES string of the molecule is CCC1=C(Cl)C(=O)c2cc(OC)ccc2C1=O. The van der Waals surface area contributed by atoms with Gasteiger partial charge in [-0.1, -0.05) is 18.5 Å². The molecule has 1 aromatic rings. The number of carbonyl (C=O) groups excluding carboxylic acids is 2. The standard InChI is InChI=1S/C13H11ClO3/c1-3-8-11(14)13(16)10-6-7(17-2)4-5-9(10)12(8)15/h4-6H,3H2,1-2H3. The molecule has 0 bridgehead atoms. The number of carbonyl (C=O) groups is 2. The minimum absolute atomic E-state index is 0.0262. The molecule has 0 saturated carbocycles. The predicted molar refractivity (Wildman–Crippen MR) is 64.8 cm³/mol. The van der Waals surface area contributed by atoms with Crippen LogP contribution in [0.2, 0.25) is 0 Å². The largest absolute Gasteiger partial charge is 0.497 e. The van der Waals surface area contributed by atoms with Crippen LogP contribution in [0.25, 0.3) is 0 Å². The van der Waals surface area contributed by atoms with Crippen molar-refractivity contribution in [2.45, 2.75) is 13.3 Å². The molecule has 0 amide bonds. The van der Waals surface area contributed by atoms with Gasteiger partial charge in [-0.15, -0.1) is 0 Å². The number of allylic oxidation sites excluding steroid dienone is 2. The van der Waals surface area contributed by atoms with Gasteiger partial charge in [0.25, 0.3) is 0 Å². The van der Waals surface area contributed by atoms with E-state index in [0.717, 1.165) is 0 Å². The number of benzene rings is 1. The van der Waals surface area contributed by atoms with Crippen molar-refractivity contribution < 1.29 is 14.3 Å². The van der Waals surface area contributed by atoms with E-state index < -0.39 is 0 Å². The third-order valence-electron chi connectivity index (χ3n) is 2.81. The Balaban J connectivity index is 2.64. The second kappa shape index (κ2) is 4.34. The third-order valence-corrected chi connectivity index (χ3v) is 3.21. The summed E-state index contributed by atoms with van der Waals surface area (Å²) in [6.07, 6.45) is 0.453. The Labute approximate surface area is 104 Å². The Hall–Kier alpha value is -1.61. The number of ether oxygens (including phenoxy) is 1. The van der Waals surface area contributed by atoms with E-state index in [1.54, 1.807) is 25.1 Å². The lowest BCUT2D eigenvalue weighted by atomic mass is 9.88. The highest BCUT2D eigenvalue weighted by Crippen LogP contribution is 2.31. The van der Waals surface area contributed by atoms with Crippen molar-refractivity contribution in [2.75, 3.05) is 7.11 Å². The maximum absolute atomic E-state index is 12.1. The van der Waals surface area contributed by atoms with Gasteiger partial charge in [-0.2, -0.15) is 0 Å². The Morgan fingerprint density at radius 2 is 1.88 bits per heavy atom. The first-order valence-corrected chi connectivity index (χ1v) is 5.64. The Morgan fingerprint density at radius 3 is 2.47 bits per heavy atom. The Morgan fingerprint density at radius 1 is 1.18 bits per heavy atom. The van der Waals surface area contributed by atoms with Gasteiger partial charge in [-0.05, 0) is 24.6 Å². The number of methoxy groups -OCH3 is 1. The monoisotopic (exact) mass is 250 g/mol. The fourth-order valence-corrected chi connectivity index (χ4v) is 2.19. The molecule has 0 radical (unpaired) electrons. The molecule has 0 atom stereocenters. The van der Waals surface area contributed by atoms with Gasteiger partial charge in [0.1, 0.15) is 5.75 Å². The van der Waals surface area contributed by atoms with Crippen molar-refractivity contribution in [3.63, 3.8) is 0 Å². The van der Waals surface area contributed by atoms with E-state index in [1.807, 2.05) is 0 Å². The van der Waals surface area contributed by atoms with Crippen LogP contribution in [0.15, 0.2) is 28.8 Å². The molecule has 0 heterocycles. The van der Waals surface area contributed by atoms with E-state index in [0.29, 0.717) is 28.9 Å². The zero-order valence-electron chi connectivity index (χ0n) is 9.54. The Bertz CT molecular complexity index is 544. The lowest BCUT2D eigenvalue weighted by molar-refractivity contribution is 0.0978. The molecule has 0 spiro atoms. The van der Waals surface area contributed by atoms with Crippen molar-refractivity contribution in [1.82, 2.24) is 0 Å². The average molecular weight is 251 g/mol. The number of Topliss-reactive ketones (excluding diaryl/α,β-unsaturated/α-hetero) is 2. The lowest BCUT2D eigenvalue weighted by Crippen LogP contribution is -2.19. The first-order chi connectivity index (χ1) is 8.10. The van der Waals surface area contributed by atoms with Gasteiger partial charge in [0, 0.05) is 16.7 Å². The first kappa shape index (κ1) is 11.9. The van der Waals surface area contributed by atoms with Crippen LogP contribution in [-0.4, -0.2) is 18.7 Å². The van der Waals surface area contributed by atoms with E-state index >= 15 is 0 Å². The number of hydrogen-bond acceptors (Lipinski definition) is 3. The van der Waals surface area contributed by atoms with Crippen molar-refractivity contribution in [3.05, 3.63) is 39.9 Å². The quantitative estimate of drug-likeness (QED) is 0.810. The highest BCUT2D eigenvalue weighted by atomic mass is 35.5. The average Bonchev–Trinajstić information content (AvgIpc) is 2.36. The van der Waals surface area contributed by atoms with Crippen LogP contribution in [0.3, 0.4) is 0 Å². The second-order valence-electron chi connectivity index (χ2n) is 3.72. The summed E-state index contributed by atoms with van der Waals surface area (Å²) >= 11 is 5.92. The number of ketones is 2. The summed E-state index contributed by atoms with van der Waals surface area (Å²) in [6, 6.07) is 4.81. The molecule has 0 N–H and O–H groups in total. The molecule has 88 valence electrons. The molecule has 2 rings (SSSR count). The molecule has 4 heteroatoms. The molecular weight excluding hydrogens is 240 g/mol. The van der Waals surface area contributed by atoms with E-state index in [1.165, 1.54) is 7.11 Å². The summed E-state index contributed by atoms with van der Waals surface area (Å²) in [5.74, 6) is 0.0566. The van der Waals surface area contributed by atoms with Gasteiger partial charge in [0.15, 0.2) is 5.78 Å². The van der Waals surface area contributed by atoms with Crippen molar-refractivity contribution in [3.8, 4) is 5.75 Å². The van der Waals surface area contributed by atoms with Crippen LogP contribution >= 0.6 is 11.6 Å². The summed E-state index contributed by atoms with van der Waals surface area (Å²) < 4.78 is 5.03. The van der Waals surface area contributed by atoms with Crippen LogP contribution < -0.4 is 4.74 Å². The van der Waals surface area contributed by atoms with Gasteiger partial charge in [0.2, 0.25) is 5.78 Å². The number of hydrogen-bond donors (Lipinski definition) is 0. The van der Waals surface area contributed by atoms with E-state index in [2.05, 4.69) is 0 Å². The van der Waals surface area contributed by atoms with E-state index in [-0.39, 0.29) is 16.6 Å². The highest BCUT2D eigenvalue weighted by Gasteiger charge is 2.30. The molecular formula is C13H11ClO3. The molecule has 0 aliphatic heterocycles. The van der Waals surface area contributed by atoms with Crippen LogP contribution in [0.5, 0.6) is 5.75 Å². The van der Waals surface area contributed by atoms with Gasteiger partial charge < -0.3 is 4.74 Å². The molecule has 17 heavy (non-hydrogen) atoms. The highest BCUT2D eigenvalue weighted by molar-refractivity contribution is 6.50. The van der Waals surface area contributed by atoms with Gasteiger partial charge in [0.05, 0.1) is 12.1 Å². The van der Waals surface area contributed by atoms with Crippen LogP contribution in [0, 0.1) is 0 Å². The molecule has 0 aromatic heterocycles. The first-order valence-electron chi connectivity index (χ1n) is 5.26. The van der Waals surface area contributed by atoms with E-state index in [4.69, 9.17) is 16.3 Å². The normalized spacial score (nSPS) is 15.0. The summed E-state index contributed by atoms with van der Waals surface area (Å²) in [7, 11) is 1.51. The summed E-state index contributed by atoms with van der Waals surface area (Å²) in [6.45, 7) is 1.80. The number of halogens is 1. The van der Waals surface area contributed by atoms with E-state index in [9.17, 15) is 9.59 Å². The van der Waals surface area contributed by atoms with Crippen molar-refractivity contribution in [1.29, 1.82) is 0 Å².